The van der Waals surface area contributed by atoms with Crippen molar-refractivity contribution in [2.24, 2.45) is 0 Å². The predicted molar refractivity (Wildman–Crippen MR) is 78.9 cm³/mol. The number of ether oxygens (including phenoxy) is 1. The average molecular weight is 300 g/mol. The molecule has 0 amide bonds. The van der Waals surface area contributed by atoms with E-state index in [-0.39, 0.29) is 12.4 Å². The molecule has 1 atom stereocenters. The molecule has 1 aliphatic heterocycles. The van der Waals surface area contributed by atoms with E-state index in [0.717, 1.165) is 26.6 Å². The highest BCUT2D eigenvalue weighted by molar-refractivity contribution is 6.18. The topological polar surface area (TPSA) is 53.1 Å². The number of carboxylic acid groups (broad SMARTS) is 1. The fourth-order valence-electron chi connectivity index (χ4n) is 0.672. The highest BCUT2D eigenvalue weighted by atomic mass is 35.5. The van der Waals surface area contributed by atoms with Gasteiger partial charge in [-0.3, -0.25) is 9.69 Å². The van der Waals surface area contributed by atoms with E-state index in [1.54, 1.807) is 0 Å². The first kappa shape index (κ1) is 22.6. The number of likely N-dealkylation sites (N-methyl/N-ethyl adjacent to an activating group) is 1. The second-order valence-corrected chi connectivity index (χ2v) is 3.74. The minimum absolute atomic E-state index is 0. The molecule has 0 bridgehead atoms. The van der Waals surface area contributed by atoms with E-state index in [4.69, 9.17) is 26.2 Å². The fraction of sp³-hybridized carbons (Fsp3) is 0.583. The maximum atomic E-state index is 9.00. The van der Waals surface area contributed by atoms with Crippen molar-refractivity contribution in [1.82, 2.24) is 4.90 Å². The van der Waals surface area contributed by atoms with Crippen molar-refractivity contribution >= 4 is 30.0 Å². The molecule has 1 N–H and O–H groups in total. The summed E-state index contributed by atoms with van der Waals surface area (Å²) in [5.41, 5.74) is 0. The van der Waals surface area contributed by atoms with E-state index in [9.17, 15) is 0 Å². The third-order valence-corrected chi connectivity index (χ3v) is 1.80. The Bertz CT molecular complexity index is 207. The van der Waals surface area contributed by atoms with E-state index in [1.165, 1.54) is 0 Å². The van der Waals surface area contributed by atoms with Gasteiger partial charge in [0.25, 0.3) is 5.97 Å². The Labute approximate surface area is 121 Å². The summed E-state index contributed by atoms with van der Waals surface area (Å²) in [5, 5.41) is 7.42. The van der Waals surface area contributed by atoms with E-state index in [0.29, 0.717) is 12.0 Å². The number of rotatable bonds is 5. The molecule has 6 heteroatoms. The zero-order valence-electron chi connectivity index (χ0n) is 11.0. The Hall–Kier alpha value is -0.550. The number of nitrogens with zero attached hydrogens (tertiary/aromatic N) is 1. The third kappa shape index (κ3) is 29.5. The second-order valence-electron chi connectivity index (χ2n) is 3.43. The number of epoxide rings is 1. The zero-order valence-corrected chi connectivity index (χ0v) is 12.5. The average Bonchev–Trinajstić information content (AvgIpc) is 3.01. The summed E-state index contributed by atoms with van der Waals surface area (Å²) in [7, 11) is 2.03. The molecule has 1 aliphatic rings. The van der Waals surface area contributed by atoms with Crippen LogP contribution in [0.4, 0.5) is 0 Å². The van der Waals surface area contributed by atoms with Crippen molar-refractivity contribution in [2.75, 3.05) is 32.6 Å². The van der Waals surface area contributed by atoms with Crippen molar-refractivity contribution in [2.45, 2.75) is 13.0 Å². The van der Waals surface area contributed by atoms with Crippen LogP contribution in [-0.2, 0) is 9.53 Å². The Morgan fingerprint density at radius 2 is 1.83 bits per heavy atom. The Balaban J connectivity index is -0.000000195. The number of halogens is 2. The van der Waals surface area contributed by atoms with E-state index in [2.05, 4.69) is 18.1 Å². The first-order chi connectivity index (χ1) is 7.97. The molecule has 0 aromatic rings. The van der Waals surface area contributed by atoms with Crippen LogP contribution >= 0.6 is 24.0 Å². The minimum atomic E-state index is -0.833. The van der Waals surface area contributed by atoms with Crippen LogP contribution < -0.4 is 0 Å². The highest BCUT2D eigenvalue weighted by Crippen LogP contribution is 2.08. The monoisotopic (exact) mass is 299 g/mol. The quantitative estimate of drug-likeness (QED) is 0.481. The predicted octanol–water partition coefficient (Wildman–Crippen LogP) is 2.43. The Kier molecular flexibility index (Phi) is 20.7. The molecule has 1 saturated heterocycles. The van der Waals surface area contributed by atoms with Crippen molar-refractivity contribution in [3.05, 3.63) is 25.3 Å². The van der Waals surface area contributed by atoms with Gasteiger partial charge in [-0.05, 0) is 7.05 Å². The van der Waals surface area contributed by atoms with Gasteiger partial charge in [-0.2, -0.15) is 0 Å². The van der Waals surface area contributed by atoms with Gasteiger partial charge >= 0.3 is 0 Å². The molecular formula is C12H23Cl2NO3. The summed E-state index contributed by atoms with van der Waals surface area (Å²) in [4.78, 5) is 11.1. The normalized spacial score (nSPS) is 15.0. The van der Waals surface area contributed by atoms with Crippen LogP contribution in [0, 0.1) is 0 Å². The number of alkyl halides is 1. The van der Waals surface area contributed by atoms with Crippen LogP contribution in [0.25, 0.3) is 0 Å². The van der Waals surface area contributed by atoms with Gasteiger partial charge in [-0.1, -0.05) is 12.2 Å². The van der Waals surface area contributed by atoms with Crippen molar-refractivity contribution in [3.8, 4) is 0 Å². The molecule has 1 rings (SSSR count). The Morgan fingerprint density at radius 3 is 1.94 bits per heavy atom. The molecule has 0 spiro atoms. The van der Waals surface area contributed by atoms with Gasteiger partial charge in [-0.15, -0.1) is 37.2 Å². The van der Waals surface area contributed by atoms with Gasteiger partial charge in [0.05, 0.1) is 18.6 Å². The maximum Gasteiger partial charge on any atom is 0.300 e. The molecule has 0 radical (unpaired) electrons. The minimum Gasteiger partial charge on any atom is -0.481 e. The van der Waals surface area contributed by atoms with Gasteiger partial charge in [0.2, 0.25) is 0 Å². The lowest BCUT2D eigenvalue weighted by atomic mass is 10.5. The molecule has 1 fully saturated rings. The zero-order chi connectivity index (χ0) is 13.7. The van der Waals surface area contributed by atoms with Crippen molar-refractivity contribution < 1.29 is 14.6 Å². The molecule has 0 aliphatic carbocycles. The molecule has 18 heavy (non-hydrogen) atoms. The summed E-state index contributed by atoms with van der Waals surface area (Å²) in [6.45, 7) is 11.0. The van der Waals surface area contributed by atoms with Crippen LogP contribution in [0.5, 0.6) is 0 Å². The van der Waals surface area contributed by atoms with Crippen molar-refractivity contribution in [3.63, 3.8) is 0 Å². The van der Waals surface area contributed by atoms with E-state index < -0.39 is 5.97 Å². The number of hydrogen-bond donors (Lipinski definition) is 1. The molecule has 4 nitrogen and oxygen atoms in total. The summed E-state index contributed by atoms with van der Waals surface area (Å²) in [6.07, 6.45) is 4.16. The molecule has 1 unspecified atom stereocenters. The molecule has 0 aromatic heterocycles. The van der Waals surface area contributed by atoms with Crippen LogP contribution in [0.3, 0.4) is 0 Å². The molecular weight excluding hydrogens is 277 g/mol. The molecule has 108 valence electrons. The van der Waals surface area contributed by atoms with Crippen molar-refractivity contribution in [1.29, 1.82) is 0 Å². The van der Waals surface area contributed by atoms with Gasteiger partial charge in [0.15, 0.2) is 0 Å². The molecule has 0 aromatic carbocycles. The SMILES string of the molecule is C=CCN(C)CC=C.CC(=O)O.Cl.ClCC1CO1. The van der Waals surface area contributed by atoms with E-state index >= 15 is 0 Å². The lowest BCUT2D eigenvalue weighted by Gasteiger charge is -2.09. The van der Waals surface area contributed by atoms with Gasteiger partial charge < -0.3 is 9.84 Å². The van der Waals surface area contributed by atoms with E-state index in [1.807, 2.05) is 19.2 Å². The number of hydrogen-bond acceptors (Lipinski definition) is 3. The van der Waals surface area contributed by atoms with Crippen LogP contribution in [0.1, 0.15) is 6.92 Å². The lowest BCUT2D eigenvalue weighted by Crippen LogP contribution is -2.17. The standard InChI is InChI=1S/C7H13N.C3H5ClO.C2H4O2.ClH/c1-4-6-8(3)7-5-2;4-1-3-2-5-3;1-2(3)4;/h4-5H,1-2,6-7H2,3H3;3H,1-2H2;1H3,(H,3,4);1H. The van der Waals surface area contributed by atoms with Crippen LogP contribution in [0.2, 0.25) is 0 Å². The smallest absolute Gasteiger partial charge is 0.300 e. The largest absolute Gasteiger partial charge is 0.481 e. The van der Waals surface area contributed by atoms with Gasteiger partial charge in [0, 0.05) is 20.0 Å². The first-order valence-electron chi connectivity index (χ1n) is 5.25. The summed E-state index contributed by atoms with van der Waals surface area (Å²) >= 11 is 5.27. The second kappa shape index (κ2) is 16.4. The first-order valence-corrected chi connectivity index (χ1v) is 5.78. The fourth-order valence-corrected chi connectivity index (χ4v) is 0.851. The van der Waals surface area contributed by atoms with Gasteiger partial charge in [-0.25, -0.2) is 0 Å². The summed E-state index contributed by atoms with van der Waals surface area (Å²) < 4.78 is 4.73. The van der Waals surface area contributed by atoms with Crippen LogP contribution in [-0.4, -0.2) is 54.7 Å². The highest BCUT2D eigenvalue weighted by Gasteiger charge is 2.19. The third-order valence-electron chi connectivity index (χ3n) is 1.46. The summed E-state index contributed by atoms with van der Waals surface area (Å²) in [5.74, 6) is -0.167. The van der Waals surface area contributed by atoms with Gasteiger partial charge in [0.1, 0.15) is 0 Å². The molecule has 1 heterocycles. The number of carboxylic acids is 1. The number of carbonyl (C=O) groups is 1. The number of aliphatic carboxylic acids is 1. The van der Waals surface area contributed by atoms with Crippen LogP contribution in [0.15, 0.2) is 25.3 Å². The molecule has 0 saturated carbocycles. The Morgan fingerprint density at radius 1 is 1.50 bits per heavy atom. The maximum absolute atomic E-state index is 9.00. The lowest BCUT2D eigenvalue weighted by molar-refractivity contribution is -0.134. The summed E-state index contributed by atoms with van der Waals surface area (Å²) in [6, 6.07) is 0.